The van der Waals surface area contributed by atoms with Crippen molar-refractivity contribution in [3.63, 3.8) is 0 Å². The summed E-state index contributed by atoms with van der Waals surface area (Å²) >= 11 is 7.96. The van der Waals surface area contributed by atoms with Gasteiger partial charge in [-0.05, 0) is 102 Å². The summed E-state index contributed by atoms with van der Waals surface area (Å²) in [4.78, 5) is 0. The van der Waals surface area contributed by atoms with E-state index in [1.807, 2.05) is 12.1 Å². The molecule has 1 aromatic rings. The van der Waals surface area contributed by atoms with Gasteiger partial charge in [0.1, 0.15) is 0 Å². The minimum Gasteiger partial charge on any atom is -0.192 e. The van der Waals surface area contributed by atoms with Crippen LogP contribution in [0.15, 0.2) is 12.1 Å². The molecule has 0 atom stereocenters. The Bertz CT molecular complexity index is 647. The molecule has 6 heteroatoms. The molecule has 0 unspecified atom stereocenters. The predicted octanol–water partition coefficient (Wildman–Crippen LogP) is 6.25. The summed E-state index contributed by atoms with van der Waals surface area (Å²) in [5.74, 6) is 6.78. The summed E-state index contributed by atoms with van der Waals surface area (Å²) in [5.41, 5.74) is 3.68. The van der Waals surface area contributed by atoms with Crippen molar-refractivity contribution in [2.75, 3.05) is 23.0 Å². The first kappa shape index (κ1) is 18.6. The molecular weight excluding hydrogens is 468 g/mol. The summed E-state index contributed by atoms with van der Waals surface area (Å²) in [6.45, 7) is 0. The lowest BCUT2D eigenvalue weighted by Crippen LogP contribution is -2.05. The molecule has 1 aromatic carbocycles. The molecule has 0 bridgehead atoms. The van der Waals surface area contributed by atoms with Crippen LogP contribution >= 0.6 is 46.5 Å². The van der Waals surface area contributed by atoms with Gasteiger partial charge in [0.25, 0.3) is 0 Å². The van der Waals surface area contributed by atoms with E-state index in [0.717, 1.165) is 33.8 Å². The predicted molar refractivity (Wildman–Crippen MR) is 114 cm³/mol. The van der Waals surface area contributed by atoms with Crippen molar-refractivity contribution in [2.24, 2.45) is 0 Å². The highest BCUT2D eigenvalue weighted by Crippen LogP contribution is 2.64. The molecule has 2 aliphatic rings. The number of nitrogens with zero attached hydrogens (tertiary/aromatic N) is 2. The Morgan fingerprint density at radius 2 is 1.08 bits per heavy atom. The SMILES string of the molecule is N#Cc1cc(CS2(Br)CCCC2)c(C#N)cc1CS1(Br)CCCC1. The number of nitriles is 2. The quantitative estimate of drug-likeness (QED) is 0.501. The van der Waals surface area contributed by atoms with Crippen molar-refractivity contribution in [2.45, 2.75) is 37.2 Å². The number of hydrogen-bond acceptors (Lipinski definition) is 2. The van der Waals surface area contributed by atoms with Gasteiger partial charge >= 0.3 is 0 Å². The van der Waals surface area contributed by atoms with E-state index in [0.29, 0.717) is 0 Å². The Hall–Kier alpha value is -0.140. The van der Waals surface area contributed by atoms with Crippen molar-refractivity contribution in [1.82, 2.24) is 0 Å². The molecule has 2 nitrogen and oxygen atoms in total. The molecule has 2 saturated heterocycles. The average molecular weight is 490 g/mol. The third-order valence-electron chi connectivity index (χ3n) is 4.94. The maximum atomic E-state index is 9.65. The smallest absolute Gasteiger partial charge is 0.0994 e. The Morgan fingerprint density at radius 3 is 1.38 bits per heavy atom. The second-order valence-corrected chi connectivity index (χ2v) is 21.0. The van der Waals surface area contributed by atoms with Crippen molar-refractivity contribution in [3.05, 3.63) is 34.4 Å². The van der Waals surface area contributed by atoms with Crippen LogP contribution in [0, 0.1) is 22.7 Å². The molecular formula is C18H22Br2N2S2. The van der Waals surface area contributed by atoms with Gasteiger partial charge in [0.15, 0.2) is 0 Å². The van der Waals surface area contributed by atoms with Gasteiger partial charge in [0, 0.05) is 11.5 Å². The Morgan fingerprint density at radius 1 is 0.750 bits per heavy atom. The normalized spacial score (nSPS) is 24.0. The number of benzene rings is 1. The van der Waals surface area contributed by atoms with Gasteiger partial charge in [-0.3, -0.25) is 0 Å². The molecule has 0 amide bonds. The van der Waals surface area contributed by atoms with Gasteiger partial charge in [-0.1, -0.05) is 0 Å². The van der Waals surface area contributed by atoms with E-state index < -0.39 is 16.9 Å². The molecule has 0 N–H and O–H groups in total. The highest BCUT2D eigenvalue weighted by Gasteiger charge is 2.29. The van der Waals surface area contributed by atoms with Crippen molar-refractivity contribution in [3.8, 4) is 12.1 Å². The zero-order chi connectivity index (χ0) is 17.2. The van der Waals surface area contributed by atoms with Gasteiger partial charge in [-0.15, -0.1) is 0 Å². The van der Waals surface area contributed by atoms with Crippen molar-refractivity contribution >= 4 is 46.5 Å². The topological polar surface area (TPSA) is 47.6 Å². The molecule has 130 valence electrons. The van der Waals surface area contributed by atoms with Gasteiger partial charge in [-0.2, -0.15) is 27.4 Å². The number of rotatable bonds is 4. The van der Waals surface area contributed by atoms with E-state index in [4.69, 9.17) is 0 Å². The van der Waals surface area contributed by atoms with E-state index in [1.54, 1.807) is 0 Å². The van der Waals surface area contributed by atoms with E-state index in [2.05, 4.69) is 41.8 Å². The van der Waals surface area contributed by atoms with Crippen molar-refractivity contribution < 1.29 is 0 Å². The van der Waals surface area contributed by atoms with Crippen LogP contribution in [0.5, 0.6) is 0 Å². The molecule has 2 fully saturated rings. The van der Waals surface area contributed by atoms with Crippen LogP contribution in [0.1, 0.15) is 47.9 Å². The summed E-state index contributed by atoms with van der Waals surface area (Å²) in [7, 11) is -1.63. The zero-order valence-corrected chi connectivity index (χ0v) is 18.5. The van der Waals surface area contributed by atoms with E-state index in [1.165, 1.54) is 48.7 Å². The van der Waals surface area contributed by atoms with Gasteiger partial charge in [-0.25, -0.2) is 0 Å². The monoisotopic (exact) mass is 488 g/mol. The molecule has 3 rings (SSSR count). The number of halogens is 2. The average Bonchev–Trinajstić information content (AvgIpc) is 3.17. The van der Waals surface area contributed by atoms with Crippen LogP contribution in [0.2, 0.25) is 0 Å². The first-order valence-electron chi connectivity index (χ1n) is 8.35. The molecule has 0 spiro atoms. The van der Waals surface area contributed by atoms with Crippen LogP contribution in [0.3, 0.4) is 0 Å². The molecule has 24 heavy (non-hydrogen) atoms. The lowest BCUT2D eigenvalue weighted by molar-refractivity contribution is 0.949. The van der Waals surface area contributed by atoms with Crippen LogP contribution in [-0.4, -0.2) is 23.0 Å². The Kier molecular flexibility index (Phi) is 5.92. The fraction of sp³-hybridized carbons (Fsp3) is 0.556. The molecule has 0 saturated carbocycles. The lowest BCUT2D eigenvalue weighted by Gasteiger charge is -2.30. The molecule has 0 aliphatic carbocycles. The highest BCUT2D eigenvalue weighted by molar-refractivity contribution is 9.58. The first-order chi connectivity index (χ1) is 11.5. The minimum absolute atomic E-state index is 0.774. The fourth-order valence-electron chi connectivity index (χ4n) is 3.63. The van der Waals surface area contributed by atoms with Gasteiger partial charge in [0.05, 0.1) is 23.3 Å². The largest absolute Gasteiger partial charge is 0.192 e. The maximum absolute atomic E-state index is 9.65. The van der Waals surface area contributed by atoms with Gasteiger partial charge < -0.3 is 0 Å². The maximum Gasteiger partial charge on any atom is 0.0994 e. The summed E-state index contributed by atoms with van der Waals surface area (Å²) in [6.07, 6.45) is 5.12. The highest BCUT2D eigenvalue weighted by atomic mass is 79.9. The van der Waals surface area contributed by atoms with Gasteiger partial charge in [0.2, 0.25) is 0 Å². The standard InChI is InChI=1S/C18H22Br2N2S2/c19-23(5-1-2-6-23)13-17-9-16(12-22)18(10-15(17)11-21)14-24(20)7-3-4-8-24/h9-10H,1-8,13-14H2. The summed E-state index contributed by atoms with van der Waals surface area (Å²) in [5, 5.41) is 19.3. The van der Waals surface area contributed by atoms with E-state index in [9.17, 15) is 10.5 Å². The van der Waals surface area contributed by atoms with E-state index in [-0.39, 0.29) is 0 Å². The van der Waals surface area contributed by atoms with Crippen molar-refractivity contribution in [1.29, 1.82) is 10.5 Å². The van der Waals surface area contributed by atoms with Crippen LogP contribution in [0.25, 0.3) is 0 Å². The molecule has 2 aliphatic heterocycles. The second kappa shape index (κ2) is 7.62. The molecule has 2 heterocycles. The minimum atomic E-state index is -0.814. The first-order valence-corrected chi connectivity index (χ1v) is 16.3. The van der Waals surface area contributed by atoms with E-state index >= 15 is 0 Å². The zero-order valence-electron chi connectivity index (χ0n) is 13.7. The fourth-order valence-corrected chi connectivity index (χ4v) is 13.3. The summed E-state index contributed by atoms with van der Waals surface area (Å²) < 4.78 is 0. The van der Waals surface area contributed by atoms with Crippen LogP contribution in [0.4, 0.5) is 0 Å². The summed E-state index contributed by atoms with van der Waals surface area (Å²) in [6, 6.07) is 8.80. The third kappa shape index (κ3) is 4.15. The Balaban J connectivity index is 1.92. The Labute approximate surface area is 163 Å². The third-order valence-corrected chi connectivity index (χ3v) is 15.9. The van der Waals surface area contributed by atoms with Crippen LogP contribution < -0.4 is 0 Å². The lowest BCUT2D eigenvalue weighted by atomic mass is 10.0. The molecule has 0 radical (unpaired) electrons. The second-order valence-electron chi connectivity index (χ2n) is 6.79. The number of hydrogen-bond donors (Lipinski definition) is 0. The molecule has 0 aromatic heterocycles. The van der Waals surface area contributed by atoms with Crippen LogP contribution in [-0.2, 0) is 11.5 Å².